The molecule has 0 amide bonds. The summed E-state index contributed by atoms with van der Waals surface area (Å²) in [4.78, 5) is 15.1. The Labute approximate surface area is 197 Å². The Morgan fingerprint density at radius 3 is 2.32 bits per heavy atom. The van der Waals surface area contributed by atoms with Gasteiger partial charge in [-0.1, -0.05) is 42.4 Å². The van der Waals surface area contributed by atoms with Crippen LogP contribution in [0.3, 0.4) is 0 Å². The van der Waals surface area contributed by atoms with Crippen molar-refractivity contribution >= 4 is 17.4 Å². The molecular formula is C25H30F3N3O3. The SMILES string of the molecule is CC(Cc1ccc(C(CCC(=O)O)=NO)cc1)CN1CCN(c2cccc(C(F)(F)F)c2)CC1. The number of carboxylic acid groups (broad SMARTS) is 1. The van der Waals surface area contributed by atoms with E-state index < -0.39 is 17.7 Å². The molecule has 1 saturated heterocycles. The molecule has 0 spiro atoms. The van der Waals surface area contributed by atoms with E-state index in [2.05, 4.69) is 17.0 Å². The first kappa shape index (κ1) is 25.6. The first-order valence-electron chi connectivity index (χ1n) is 11.3. The van der Waals surface area contributed by atoms with Gasteiger partial charge in [-0.05, 0) is 41.7 Å². The largest absolute Gasteiger partial charge is 0.481 e. The van der Waals surface area contributed by atoms with Crippen LogP contribution < -0.4 is 4.90 Å². The molecule has 1 unspecified atom stereocenters. The molecule has 2 aromatic carbocycles. The van der Waals surface area contributed by atoms with Crippen molar-refractivity contribution < 1.29 is 28.3 Å². The number of alkyl halides is 3. The number of hydrogen-bond donors (Lipinski definition) is 2. The molecule has 1 fully saturated rings. The van der Waals surface area contributed by atoms with Crippen molar-refractivity contribution in [3.63, 3.8) is 0 Å². The van der Waals surface area contributed by atoms with Crippen molar-refractivity contribution in [1.29, 1.82) is 0 Å². The Bertz CT molecular complexity index is 985. The van der Waals surface area contributed by atoms with Gasteiger partial charge in [0.2, 0.25) is 0 Å². The van der Waals surface area contributed by atoms with Crippen LogP contribution in [0.5, 0.6) is 0 Å². The lowest BCUT2D eigenvalue weighted by Gasteiger charge is -2.37. The molecule has 34 heavy (non-hydrogen) atoms. The summed E-state index contributed by atoms with van der Waals surface area (Å²) in [5.41, 5.74) is 2.17. The van der Waals surface area contributed by atoms with Gasteiger partial charge >= 0.3 is 12.1 Å². The number of rotatable bonds is 9. The lowest BCUT2D eigenvalue weighted by Crippen LogP contribution is -2.47. The second kappa shape index (κ2) is 11.4. The number of anilines is 1. The molecule has 2 aromatic rings. The molecule has 184 valence electrons. The van der Waals surface area contributed by atoms with Crippen LogP contribution in [0.2, 0.25) is 0 Å². The minimum atomic E-state index is -4.34. The number of piperazine rings is 1. The highest BCUT2D eigenvalue weighted by atomic mass is 19.4. The van der Waals surface area contributed by atoms with Gasteiger partial charge in [0.05, 0.1) is 17.7 Å². The standard InChI is InChI=1S/C25H30F3N3O3/c1-18(15-19-5-7-20(8-6-19)23(29-34)9-10-24(32)33)17-30-11-13-31(14-12-30)22-4-2-3-21(16-22)25(26,27)28/h2-8,16,18,34H,9-15,17H2,1H3,(H,32,33). The highest BCUT2D eigenvalue weighted by Gasteiger charge is 2.31. The zero-order valence-electron chi connectivity index (χ0n) is 19.1. The lowest BCUT2D eigenvalue weighted by molar-refractivity contribution is -0.138. The second-order valence-electron chi connectivity index (χ2n) is 8.78. The van der Waals surface area contributed by atoms with Crippen molar-refractivity contribution in [2.24, 2.45) is 11.1 Å². The third-order valence-electron chi connectivity index (χ3n) is 6.05. The van der Waals surface area contributed by atoms with Crippen LogP contribution in [0.25, 0.3) is 0 Å². The number of benzene rings is 2. The van der Waals surface area contributed by atoms with Crippen molar-refractivity contribution in [2.75, 3.05) is 37.6 Å². The fraction of sp³-hybridized carbons (Fsp3) is 0.440. The molecule has 0 radical (unpaired) electrons. The molecule has 1 aliphatic heterocycles. The van der Waals surface area contributed by atoms with Crippen molar-refractivity contribution in [3.8, 4) is 0 Å². The smallest absolute Gasteiger partial charge is 0.416 e. The van der Waals surface area contributed by atoms with E-state index in [1.54, 1.807) is 6.07 Å². The average Bonchev–Trinajstić information content (AvgIpc) is 2.80. The number of hydrogen-bond acceptors (Lipinski definition) is 5. The van der Waals surface area contributed by atoms with Crippen molar-refractivity contribution in [2.45, 2.75) is 32.4 Å². The van der Waals surface area contributed by atoms with Crippen molar-refractivity contribution in [3.05, 3.63) is 65.2 Å². The molecule has 1 heterocycles. The quantitative estimate of drug-likeness (QED) is 0.310. The lowest BCUT2D eigenvalue weighted by atomic mass is 9.97. The van der Waals surface area contributed by atoms with E-state index in [0.29, 0.717) is 36.0 Å². The fourth-order valence-corrected chi connectivity index (χ4v) is 4.29. The van der Waals surface area contributed by atoms with Crippen LogP contribution in [0.15, 0.2) is 53.7 Å². The number of nitrogens with zero attached hydrogens (tertiary/aromatic N) is 3. The van der Waals surface area contributed by atoms with Gasteiger partial charge in [-0.2, -0.15) is 13.2 Å². The van der Waals surface area contributed by atoms with Crippen LogP contribution >= 0.6 is 0 Å². The number of carbonyl (C=O) groups is 1. The third kappa shape index (κ3) is 7.21. The van der Waals surface area contributed by atoms with Gasteiger partial charge in [-0.3, -0.25) is 9.69 Å². The van der Waals surface area contributed by atoms with Crippen molar-refractivity contribution in [1.82, 2.24) is 4.90 Å². The maximum absolute atomic E-state index is 13.0. The van der Waals surface area contributed by atoms with Crippen LogP contribution in [0.4, 0.5) is 18.9 Å². The Kier molecular flexibility index (Phi) is 8.55. The van der Waals surface area contributed by atoms with Crippen LogP contribution in [-0.2, 0) is 17.4 Å². The maximum atomic E-state index is 13.0. The monoisotopic (exact) mass is 477 g/mol. The number of aliphatic carboxylic acids is 1. The summed E-state index contributed by atoms with van der Waals surface area (Å²) in [6.45, 7) is 6.00. The minimum absolute atomic E-state index is 0.0980. The Balaban J connectivity index is 1.48. The van der Waals surface area contributed by atoms with Crippen LogP contribution in [-0.4, -0.2) is 59.6 Å². The average molecular weight is 478 g/mol. The van der Waals surface area contributed by atoms with E-state index in [0.717, 1.165) is 37.7 Å². The molecular weight excluding hydrogens is 447 g/mol. The summed E-state index contributed by atoms with van der Waals surface area (Å²) in [6, 6.07) is 13.1. The molecule has 9 heteroatoms. The summed E-state index contributed by atoms with van der Waals surface area (Å²) >= 11 is 0. The molecule has 0 aliphatic carbocycles. The second-order valence-corrected chi connectivity index (χ2v) is 8.78. The van der Waals surface area contributed by atoms with E-state index in [9.17, 15) is 18.0 Å². The predicted molar refractivity (Wildman–Crippen MR) is 125 cm³/mol. The van der Waals surface area contributed by atoms with E-state index in [4.69, 9.17) is 10.3 Å². The van der Waals surface area contributed by atoms with Gasteiger partial charge in [0.15, 0.2) is 0 Å². The Morgan fingerprint density at radius 2 is 1.74 bits per heavy atom. The summed E-state index contributed by atoms with van der Waals surface area (Å²) in [5.74, 6) is -0.564. The maximum Gasteiger partial charge on any atom is 0.416 e. The first-order valence-corrected chi connectivity index (χ1v) is 11.3. The number of halogens is 3. The molecule has 3 rings (SSSR count). The normalized spacial score (nSPS) is 16.5. The van der Waals surface area contributed by atoms with E-state index in [1.807, 2.05) is 29.2 Å². The van der Waals surface area contributed by atoms with E-state index in [-0.39, 0.29) is 12.8 Å². The molecule has 1 aliphatic rings. The van der Waals surface area contributed by atoms with Gasteiger partial charge in [0, 0.05) is 44.8 Å². The number of carboxylic acids is 1. The Morgan fingerprint density at radius 1 is 1.06 bits per heavy atom. The summed E-state index contributed by atoms with van der Waals surface area (Å²) in [6.07, 6.45) is -3.42. The van der Waals surface area contributed by atoms with Crippen LogP contribution in [0, 0.1) is 5.92 Å². The van der Waals surface area contributed by atoms with Crippen LogP contribution in [0.1, 0.15) is 36.5 Å². The summed E-state index contributed by atoms with van der Waals surface area (Å²) < 4.78 is 39.0. The van der Waals surface area contributed by atoms with Gasteiger partial charge in [0.1, 0.15) is 0 Å². The number of oxime groups is 1. The molecule has 1 atom stereocenters. The highest BCUT2D eigenvalue weighted by Crippen LogP contribution is 2.32. The molecule has 2 N–H and O–H groups in total. The summed E-state index contributed by atoms with van der Waals surface area (Å²) in [5, 5.41) is 21.2. The van der Waals surface area contributed by atoms with E-state index in [1.165, 1.54) is 12.1 Å². The van der Waals surface area contributed by atoms with Gasteiger partial charge in [-0.15, -0.1) is 0 Å². The predicted octanol–water partition coefficient (Wildman–Crippen LogP) is 4.75. The molecule has 0 saturated carbocycles. The molecule has 6 nitrogen and oxygen atoms in total. The topological polar surface area (TPSA) is 76.4 Å². The minimum Gasteiger partial charge on any atom is -0.481 e. The highest BCUT2D eigenvalue weighted by molar-refractivity contribution is 6.01. The molecule has 0 aromatic heterocycles. The summed E-state index contributed by atoms with van der Waals surface area (Å²) in [7, 11) is 0. The van der Waals surface area contributed by atoms with E-state index >= 15 is 0 Å². The van der Waals surface area contributed by atoms with Gasteiger partial charge < -0.3 is 15.2 Å². The first-order chi connectivity index (χ1) is 16.2. The Hall–Kier alpha value is -3.07. The van der Waals surface area contributed by atoms with Gasteiger partial charge in [-0.25, -0.2) is 0 Å². The molecule has 0 bridgehead atoms. The fourth-order valence-electron chi connectivity index (χ4n) is 4.29. The van der Waals surface area contributed by atoms with Gasteiger partial charge in [0.25, 0.3) is 0 Å². The third-order valence-corrected chi connectivity index (χ3v) is 6.05. The zero-order valence-corrected chi connectivity index (χ0v) is 19.1. The zero-order chi connectivity index (χ0) is 24.7.